The van der Waals surface area contributed by atoms with Crippen molar-refractivity contribution in [1.29, 1.82) is 5.26 Å². The van der Waals surface area contributed by atoms with Crippen molar-refractivity contribution < 1.29 is 13.0 Å². The standard InChI is InChI=1S/C20H21NO3S/c1-16-5-7-18(8-6-16)14-20(15-21)19-11-9-17(10-12-19)4-2-3-13-25(22,23)24/h5-12,14H,2-4,13H2,1H3,(H,22,23,24)/p-1/b20-14+. The number of allylic oxidation sites excluding steroid dienone is 1. The summed E-state index contributed by atoms with van der Waals surface area (Å²) < 4.78 is 31.7. The number of hydrogen-bond acceptors (Lipinski definition) is 4. The third-order valence-corrected chi connectivity index (χ3v) is 4.67. The molecule has 2 aromatic rings. The van der Waals surface area contributed by atoms with E-state index in [-0.39, 0.29) is 5.75 Å². The second-order valence-electron chi connectivity index (χ2n) is 6.00. The third-order valence-electron chi connectivity index (χ3n) is 3.88. The minimum absolute atomic E-state index is 0.317. The summed E-state index contributed by atoms with van der Waals surface area (Å²) in [5, 5.41) is 9.41. The predicted octanol–water partition coefficient (Wildman–Crippen LogP) is 3.93. The molecule has 0 spiro atoms. The van der Waals surface area contributed by atoms with Gasteiger partial charge in [0.1, 0.15) is 0 Å². The first kappa shape index (κ1) is 18.9. The molecule has 0 aromatic heterocycles. The van der Waals surface area contributed by atoms with Crippen LogP contribution in [0.25, 0.3) is 11.6 Å². The van der Waals surface area contributed by atoms with E-state index < -0.39 is 10.1 Å². The quantitative estimate of drug-likeness (QED) is 0.326. The number of rotatable bonds is 7. The molecule has 0 aliphatic heterocycles. The van der Waals surface area contributed by atoms with Gasteiger partial charge in [0.2, 0.25) is 0 Å². The van der Waals surface area contributed by atoms with Crippen LogP contribution in [0, 0.1) is 18.3 Å². The molecule has 130 valence electrons. The Morgan fingerprint density at radius 1 is 1.08 bits per heavy atom. The van der Waals surface area contributed by atoms with Crippen molar-refractivity contribution in [3.05, 3.63) is 70.8 Å². The van der Waals surface area contributed by atoms with Crippen LogP contribution in [-0.4, -0.2) is 18.7 Å². The summed E-state index contributed by atoms with van der Waals surface area (Å²) in [7, 11) is -4.13. The van der Waals surface area contributed by atoms with Gasteiger partial charge in [-0.1, -0.05) is 54.1 Å². The van der Waals surface area contributed by atoms with E-state index in [2.05, 4.69) is 6.07 Å². The summed E-state index contributed by atoms with van der Waals surface area (Å²) in [5.74, 6) is -0.317. The van der Waals surface area contributed by atoms with Crippen LogP contribution >= 0.6 is 0 Å². The van der Waals surface area contributed by atoms with Gasteiger partial charge in [0, 0.05) is 5.75 Å². The van der Waals surface area contributed by atoms with Gasteiger partial charge in [0.05, 0.1) is 21.8 Å². The summed E-state index contributed by atoms with van der Waals surface area (Å²) in [6, 6.07) is 17.8. The number of nitrogens with zero attached hydrogens (tertiary/aromatic N) is 1. The number of unbranched alkanes of at least 4 members (excludes halogenated alkanes) is 1. The largest absolute Gasteiger partial charge is 0.748 e. The average Bonchev–Trinajstić information content (AvgIpc) is 2.58. The molecule has 0 amide bonds. The van der Waals surface area contributed by atoms with Gasteiger partial charge in [-0.3, -0.25) is 0 Å². The van der Waals surface area contributed by atoms with Crippen molar-refractivity contribution in [2.45, 2.75) is 26.2 Å². The van der Waals surface area contributed by atoms with Crippen LogP contribution < -0.4 is 0 Å². The zero-order chi connectivity index (χ0) is 18.3. The van der Waals surface area contributed by atoms with E-state index >= 15 is 0 Å². The average molecular weight is 354 g/mol. The smallest absolute Gasteiger partial charge is 0.0998 e. The van der Waals surface area contributed by atoms with Gasteiger partial charge >= 0.3 is 0 Å². The Morgan fingerprint density at radius 2 is 1.72 bits per heavy atom. The van der Waals surface area contributed by atoms with Crippen molar-refractivity contribution in [1.82, 2.24) is 0 Å². The minimum atomic E-state index is -4.13. The van der Waals surface area contributed by atoms with Gasteiger partial charge in [-0.15, -0.1) is 0 Å². The number of aryl methyl sites for hydroxylation is 2. The lowest BCUT2D eigenvalue weighted by molar-refractivity contribution is 0.460. The Labute approximate surface area is 149 Å². The molecule has 5 heteroatoms. The molecular weight excluding hydrogens is 334 g/mol. The molecule has 25 heavy (non-hydrogen) atoms. The molecule has 0 radical (unpaired) electrons. The van der Waals surface area contributed by atoms with E-state index in [1.165, 1.54) is 5.56 Å². The fourth-order valence-corrected chi connectivity index (χ4v) is 3.03. The Hall–Kier alpha value is -2.42. The van der Waals surface area contributed by atoms with Crippen molar-refractivity contribution >= 4 is 21.8 Å². The first-order valence-electron chi connectivity index (χ1n) is 8.09. The van der Waals surface area contributed by atoms with Crippen LogP contribution in [0.4, 0.5) is 0 Å². The van der Waals surface area contributed by atoms with E-state index in [4.69, 9.17) is 0 Å². The SMILES string of the molecule is Cc1ccc(/C=C(\C#N)c2ccc(CCCCS(=O)(=O)[O-])cc2)cc1. The van der Waals surface area contributed by atoms with Gasteiger partial charge < -0.3 is 4.55 Å². The van der Waals surface area contributed by atoms with E-state index in [0.29, 0.717) is 24.8 Å². The molecule has 0 N–H and O–H groups in total. The molecular formula is C20H20NO3S-. The third kappa shape index (κ3) is 6.54. The molecule has 2 aromatic carbocycles. The summed E-state index contributed by atoms with van der Waals surface area (Å²) >= 11 is 0. The Balaban J connectivity index is 2.02. The molecule has 0 fully saturated rings. The highest BCUT2D eigenvalue weighted by atomic mass is 32.2. The molecule has 0 unspecified atom stereocenters. The number of benzene rings is 2. The highest BCUT2D eigenvalue weighted by Gasteiger charge is 2.03. The summed E-state index contributed by atoms with van der Waals surface area (Å²) in [6.45, 7) is 2.02. The second kappa shape index (κ2) is 8.61. The van der Waals surface area contributed by atoms with Gasteiger partial charge in [0.15, 0.2) is 0 Å². The molecule has 0 atom stereocenters. The normalized spacial score (nSPS) is 12.0. The fourth-order valence-electron chi connectivity index (χ4n) is 2.47. The molecule has 4 nitrogen and oxygen atoms in total. The number of hydrogen-bond donors (Lipinski definition) is 0. The van der Waals surface area contributed by atoms with Crippen molar-refractivity contribution in [3.8, 4) is 6.07 Å². The fraction of sp³-hybridized carbons (Fsp3) is 0.250. The van der Waals surface area contributed by atoms with Gasteiger partial charge in [-0.25, -0.2) is 8.42 Å². The molecule has 0 bridgehead atoms. The van der Waals surface area contributed by atoms with Crippen LogP contribution in [0.15, 0.2) is 48.5 Å². The van der Waals surface area contributed by atoms with Crippen LogP contribution in [0.3, 0.4) is 0 Å². The molecule has 0 saturated heterocycles. The van der Waals surface area contributed by atoms with Gasteiger partial charge in [-0.05, 0) is 49.0 Å². The van der Waals surface area contributed by atoms with E-state index in [1.54, 1.807) is 0 Å². The molecule has 2 rings (SSSR count). The Morgan fingerprint density at radius 3 is 2.28 bits per heavy atom. The van der Waals surface area contributed by atoms with Crippen LogP contribution in [0.5, 0.6) is 0 Å². The summed E-state index contributed by atoms with van der Waals surface area (Å²) in [6.07, 6.45) is 3.57. The van der Waals surface area contributed by atoms with Crippen molar-refractivity contribution in [2.24, 2.45) is 0 Å². The minimum Gasteiger partial charge on any atom is -0.748 e. The Kier molecular flexibility index (Phi) is 6.51. The highest BCUT2D eigenvalue weighted by Crippen LogP contribution is 2.19. The first-order chi connectivity index (χ1) is 11.9. The van der Waals surface area contributed by atoms with E-state index in [9.17, 15) is 18.2 Å². The zero-order valence-electron chi connectivity index (χ0n) is 14.1. The summed E-state index contributed by atoms with van der Waals surface area (Å²) in [5.41, 5.74) is 4.64. The first-order valence-corrected chi connectivity index (χ1v) is 9.66. The van der Waals surface area contributed by atoms with Crippen molar-refractivity contribution in [3.63, 3.8) is 0 Å². The van der Waals surface area contributed by atoms with Crippen LogP contribution in [-0.2, 0) is 16.5 Å². The van der Waals surface area contributed by atoms with E-state index in [1.807, 2.05) is 61.5 Å². The maximum absolute atomic E-state index is 10.6. The molecule has 0 saturated carbocycles. The highest BCUT2D eigenvalue weighted by molar-refractivity contribution is 7.85. The van der Waals surface area contributed by atoms with Gasteiger partial charge in [-0.2, -0.15) is 5.26 Å². The Bertz CT molecular complexity index is 874. The number of nitriles is 1. The van der Waals surface area contributed by atoms with Crippen molar-refractivity contribution in [2.75, 3.05) is 5.75 Å². The van der Waals surface area contributed by atoms with Crippen LogP contribution in [0.2, 0.25) is 0 Å². The lowest BCUT2D eigenvalue weighted by Crippen LogP contribution is -2.04. The maximum atomic E-state index is 10.6. The molecule has 0 aliphatic rings. The maximum Gasteiger partial charge on any atom is 0.0998 e. The molecule has 0 heterocycles. The monoisotopic (exact) mass is 354 g/mol. The van der Waals surface area contributed by atoms with Gasteiger partial charge in [0.25, 0.3) is 0 Å². The van der Waals surface area contributed by atoms with E-state index in [0.717, 1.165) is 16.7 Å². The molecule has 0 aliphatic carbocycles. The lowest BCUT2D eigenvalue weighted by atomic mass is 10.0. The predicted molar refractivity (Wildman–Crippen MR) is 98.6 cm³/mol. The second-order valence-corrected chi connectivity index (χ2v) is 7.52. The summed E-state index contributed by atoms with van der Waals surface area (Å²) in [4.78, 5) is 0. The zero-order valence-corrected chi connectivity index (χ0v) is 14.9. The lowest BCUT2D eigenvalue weighted by Gasteiger charge is -2.07. The van der Waals surface area contributed by atoms with Crippen LogP contribution in [0.1, 0.15) is 35.1 Å². The topological polar surface area (TPSA) is 81.0 Å².